The number of carboxylic acid groups (broad SMARTS) is 1. The number of aromatic nitrogens is 2. The van der Waals surface area contributed by atoms with Gasteiger partial charge in [-0.15, -0.1) is 0 Å². The smallest absolute Gasteiger partial charge is 0.339 e. The van der Waals surface area contributed by atoms with E-state index in [2.05, 4.69) is 41.1 Å². The van der Waals surface area contributed by atoms with Gasteiger partial charge in [0.15, 0.2) is 0 Å². The molecule has 1 aromatic heterocycles. The number of aromatic carboxylic acids is 1. The molecule has 0 radical (unpaired) electrons. The van der Waals surface area contributed by atoms with Crippen molar-refractivity contribution in [1.82, 2.24) is 14.9 Å². The molecule has 32 heavy (non-hydrogen) atoms. The van der Waals surface area contributed by atoms with Gasteiger partial charge in [0, 0.05) is 24.7 Å². The van der Waals surface area contributed by atoms with Crippen molar-refractivity contribution in [1.29, 1.82) is 0 Å². The molecular formula is C26H25N3O3. The number of para-hydroxylation sites is 2. The number of nitrogens with one attached hydrogen (secondary N) is 1. The predicted molar refractivity (Wildman–Crippen MR) is 124 cm³/mol. The molecule has 6 nitrogen and oxygen atoms in total. The highest BCUT2D eigenvalue weighted by Crippen LogP contribution is 2.31. The van der Waals surface area contributed by atoms with Crippen LogP contribution in [0, 0.1) is 0 Å². The molecule has 5 rings (SSSR count). The molecule has 1 atom stereocenters. The quantitative estimate of drug-likeness (QED) is 0.474. The minimum absolute atomic E-state index is 0.227. The van der Waals surface area contributed by atoms with E-state index in [0.29, 0.717) is 11.8 Å². The van der Waals surface area contributed by atoms with Crippen LogP contribution in [0.1, 0.15) is 34.0 Å². The minimum atomic E-state index is -0.956. The SMILES string of the molecule is COc1cc2c(cc1C(=O)O)CC(C)N(Cc1cccc(-c3nc4ccccc4[nH]3)c1)C2. The van der Waals surface area contributed by atoms with Crippen LogP contribution in [0.25, 0.3) is 22.4 Å². The number of carboxylic acids is 1. The Morgan fingerprint density at radius 3 is 2.78 bits per heavy atom. The highest BCUT2D eigenvalue weighted by molar-refractivity contribution is 5.91. The summed E-state index contributed by atoms with van der Waals surface area (Å²) >= 11 is 0. The summed E-state index contributed by atoms with van der Waals surface area (Å²) in [5.74, 6) is 0.329. The molecule has 1 unspecified atom stereocenters. The predicted octanol–water partition coefficient (Wildman–Crippen LogP) is 4.88. The van der Waals surface area contributed by atoms with Gasteiger partial charge in [0.2, 0.25) is 0 Å². The largest absolute Gasteiger partial charge is 0.496 e. The summed E-state index contributed by atoms with van der Waals surface area (Å²) in [6.07, 6.45) is 0.808. The molecule has 162 valence electrons. The van der Waals surface area contributed by atoms with E-state index in [1.165, 1.54) is 12.7 Å². The monoisotopic (exact) mass is 427 g/mol. The Morgan fingerprint density at radius 1 is 1.16 bits per heavy atom. The number of rotatable bonds is 5. The Kier molecular flexibility index (Phi) is 5.15. The molecule has 0 saturated heterocycles. The fourth-order valence-corrected chi connectivity index (χ4v) is 4.51. The molecule has 0 bridgehead atoms. The highest BCUT2D eigenvalue weighted by Gasteiger charge is 2.26. The lowest BCUT2D eigenvalue weighted by Gasteiger charge is -2.35. The number of carbonyl (C=O) groups is 1. The van der Waals surface area contributed by atoms with Gasteiger partial charge in [-0.1, -0.05) is 30.3 Å². The van der Waals surface area contributed by atoms with Crippen molar-refractivity contribution < 1.29 is 14.6 Å². The molecule has 0 aliphatic carbocycles. The maximum atomic E-state index is 11.6. The number of ether oxygens (including phenoxy) is 1. The van der Waals surface area contributed by atoms with Gasteiger partial charge in [-0.3, -0.25) is 4.90 Å². The molecule has 1 aliphatic heterocycles. The summed E-state index contributed by atoms with van der Waals surface area (Å²) in [7, 11) is 1.51. The Balaban J connectivity index is 1.40. The standard InChI is InChI=1S/C26H25N3O3/c1-16-10-19-12-21(26(30)31)24(32-2)13-20(19)15-29(16)14-17-6-5-7-18(11-17)25-27-22-8-3-4-9-23(22)28-25/h3-9,11-13,16H,10,14-15H2,1-2H3,(H,27,28)(H,30,31). The molecule has 1 aliphatic rings. The summed E-state index contributed by atoms with van der Waals surface area (Å²) in [4.78, 5) is 22.1. The van der Waals surface area contributed by atoms with Gasteiger partial charge in [-0.25, -0.2) is 9.78 Å². The zero-order chi connectivity index (χ0) is 22.2. The van der Waals surface area contributed by atoms with Gasteiger partial charge in [0.25, 0.3) is 0 Å². The molecule has 2 N–H and O–H groups in total. The van der Waals surface area contributed by atoms with Crippen LogP contribution in [0.15, 0.2) is 60.7 Å². The average Bonchev–Trinajstić information content (AvgIpc) is 3.23. The van der Waals surface area contributed by atoms with Crippen LogP contribution >= 0.6 is 0 Å². The third-order valence-electron chi connectivity index (χ3n) is 6.24. The molecular weight excluding hydrogens is 402 g/mol. The number of aromatic amines is 1. The molecule has 0 saturated carbocycles. The van der Waals surface area contributed by atoms with Crippen LogP contribution < -0.4 is 4.74 Å². The third kappa shape index (κ3) is 3.74. The molecule has 0 fully saturated rings. The van der Waals surface area contributed by atoms with Crippen LogP contribution in [0.2, 0.25) is 0 Å². The summed E-state index contributed by atoms with van der Waals surface area (Å²) < 4.78 is 5.33. The summed E-state index contributed by atoms with van der Waals surface area (Å²) in [5, 5.41) is 9.48. The first-order valence-corrected chi connectivity index (χ1v) is 10.7. The Labute approximate surface area is 186 Å². The van der Waals surface area contributed by atoms with Gasteiger partial charge >= 0.3 is 5.97 Å². The Bertz CT molecular complexity index is 1280. The van der Waals surface area contributed by atoms with E-state index in [-0.39, 0.29) is 5.56 Å². The van der Waals surface area contributed by atoms with Gasteiger partial charge in [0.1, 0.15) is 17.1 Å². The number of benzene rings is 3. The number of nitrogens with zero attached hydrogens (tertiary/aromatic N) is 2. The number of hydrogen-bond acceptors (Lipinski definition) is 4. The van der Waals surface area contributed by atoms with E-state index in [4.69, 9.17) is 9.72 Å². The lowest BCUT2D eigenvalue weighted by Crippen LogP contribution is -2.38. The summed E-state index contributed by atoms with van der Waals surface area (Å²) in [6.45, 7) is 3.75. The van der Waals surface area contributed by atoms with Crippen molar-refractivity contribution in [3.8, 4) is 17.1 Å². The van der Waals surface area contributed by atoms with Crippen molar-refractivity contribution >= 4 is 17.0 Å². The first kappa shape index (κ1) is 20.3. The maximum Gasteiger partial charge on any atom is 0.339 e. The topological polar surface area (TPSA) is 78.5 Å². The third-order valence-corrected chi connectivity index (χ3v) is 6.24. The van der Waals surface area contributed by atoms with E-state index in [9.17, 15) is 9.90 Å². The first-order chi connectivity index (χ1) is 15.5. The minimum Gasteiger partial charge on any atom is -0.496 e. The number of hydrogen-bond donors (Lipinski definition) is 2. The van der Waals surface area contributed by atoms with E-state index >= 15 is 0 Å². The highest BCUT2D eigenvalue weighted by atomic mass is 16.5. The van der Waals surface area contributed by atoms with Gasteiger partial charge in [-0.05, 0) is 60.4 Å². The molecule has 6 heteroatoms. The van der Waals surface area contributed by atoms with Crippen LogP contribution in [0.3, 0.4) is 0 Å². The van der Waals surface area contributed by atoms with E-state index in [1.54, 1.807) is 6.07 Å². The molecule has 4 aromatic rings. The number of H-pyrrole nitrogens is 1. The van der Waals surface area contributed by atoms with Crippen molar-refractivity contribution in [2.45, 2.75) is 32.5 Å². The van der Waals surface area contributed by atoms with E-state index < -0.39 is 5.97 Å². The second-order valence-corrected chi connectivity index (χ2v) is 8.39. The van der Waals surface area contributed by atoms with Crippen LogP contribution in [-0.2, 0) is 19.5 Å². The molecule has 0 amide bonds. The Hall–Kier alpha value is -3.64. The second-order valence-electron chi connectivity index (χ2n) is 8.39. The zero-order valence-corrected chi connectivity index (χ0v) is 18.1. The van der Waals surface area contributed by atoms with Crippen LogP contribution in [-0.4, -0.2) is 39.1 Å². The number of imidazole rings is 1. The lowest BCUT2D eigenvalue weighted by atomic mass is 9.92. The molecule has 3 aromatic carbocycles. The van der Waals surface area contributed by atoms with Crippen molar-refractivity contribution in [3.63, 3.8) is 0 Å². The zero-order valence-electron chi connectivity index (χ0n) is 18.1. The van der Waals surface area contributed by atoms with Crippen LogP contribution in [0.4, 0.5) is 0 Å². The fraction of sp³-hybridized carbons (Fsp3) is 0.231. The van der Waals surface area contributed by atoms with E-state index in [1.807, 2.05) is 30.3 Å². The van der Waals surface area contributed by atoms with Crippen molar-refractivity contribution in [3.05, 3.63) is 82.9 Å². The summed E-state index contributed by atoms with van der Waals surface area (Å²) in [5.41, 5.74) is 6.71. The normalized spacial score (nSPS) is 16.1. The van der Waals surface area contributed by atoms with Gasteiger partial charge in [-0.2, -0.15) is 0 Å². The number of methoxy groups -OCH3 is 1. The first-order valence-electron chi connectivity index (χ1n) is 10.7. The fourth-order valence-electron chi connectivity index (χ4n) is 4.51. The second kappa shape index (κ2) is 8.13. The average molecular weight is 428 g/mol. The molecule has 0 spiro atoms. The van der Waals surface area contributed by atoms with Crippen molar-refractivity contribution in [2.75, 3.05) is 7.11 Å². The van der Waals surface area contributed by atoms with Gasteiger partial charge in [0.05, 0.1) is 18.1 Å². The van der Waals surface area contributed by atoms with Gasteiger partial charge < -0.3 is 14.8 Å². The maximum absolute atomic E-state index is 11.6. The number of fused-ring (bicyclic) bond motifs is 2. The molecule has 2 heterocycles. The Morgan fingerprint density at radius 2 is 2.00 bits per heavy atom. The van der Waals surface area contributed by atoms with E-state index in [0.717, 1.165) is 53.1 Å². The lowest BCUT2D eigenvalue weighted by molar-refractivity contribution is 0.0693. The summed E-state index contributed by atoms with van der Waals surface area (Å²) in [6, 6.07) is 20.5. The van der Waals surface area contributed by atoms with Crippen molar-refractivity contribution in [2.24, 2.45) is 0 Å². The van der Waals surface area contributed by atoms with Crippen LogP contribution in [0.5, 0.6) is 5.75 Å².